The van der Waals surface area contributed by atoms with Gasteiger partial charge in [0, 0.05) is 12.9 Å². The first kappa shape index (κ1) is 7.62. The molecule has 2 nitrogen and oxygen atoms in total. The second kappa shape index (κ2) is 2.79. The minimum absolute atomic E-state index is 0.522. The van der Waals surface area contributed by atoms with Crippen LogP contribution >= 0.6 is 11.6 Å². The zero-order chi connectivity index (χ0) is 8.55. The van der Waals surface area contributed by atoms with Crippen molar-refractivity contribution in [1.82, 2.24) is 9.55 Å². The molecule has 0 bridgehead atoms. The first-order valence-electron chi connectivity index (χ1n) is 3.78. The normalized spacial score (nSPS) is 10.8. The summed E-state index contributed by atoms with van der Waals surface area (Å²) in [5.41, 5.74) is 3.23. The third-order valence-electron chi connectivity index (χ3n) is 1.98. The summed E-state index contributed by atoms with van der Waals surface area (Å²) in [6, 6.07) is 6.04. The molecule has 0 atom stereocenters. The number of hydrogen-bond donors (Lipinski definition) is 0. The third-order valence-corrected chi connectivity index (χ3v) is 2.27. The maximum Gasteiger partial charge on any atom is 0.0955 e. The zero-order valence-electron chi connectivity index (χ0n) is 6.79. The van der Waals surface area contributed by atoms with Crippen LogP contribution in [0.25, 0.3) is 11.0 Å². The second-order valence-electron chi connectivity index (χ2n) is 2.77. The van der Waals surface area contributed by atoms with E-state index < -0.39 is 0 Å². The fourth-order valence-electron chi connectivity index (χ4n) is 1.33. The molecule has 0 N–H and O–H groups in total. The van der Waals surface area contributed by atoms with E-state index >= 15 is 0 Å². The molecule has 0 unspecified atom stereocenters. The van der Waals surface area contributed by atoms with Crippen LogP contribution < -0.4 is 0 Å². The molecule has 1 heterocycles. The van der Waals surface area contributed by atoms with E-state index in [0.717, 1.165) is 16.6 Å². The van der Waals surface area contributed by atoms with E-state index in [2.05, 4.69) is 4.98 Å². The van der Waals surface area contributed by atoms with Crippen LogP contribution in [0.15, 0.2) is 24.5 Å². The molecule has 0 aliphatic carbocycles. The minimum atomic E-state index is 0.522. The molecule has 2 aromatic rings. The smallest absolute Gasteiger partial charge is 0.0955 e. The fourth-order valence-corrected chi connectivity index (χ4v) is 1.54. The van der Waals surface area contributed by atoms with E-state index in [0.29, 0.717) is 5.88 Å². The summed E-state index contributed by atoms with van der Waals surface area (Å²) in [4.78, 5) is 4.27. The van der Waals surface area contributed by atoms with Crippen LogP contribution in [-0.4, -0.2) is 9.55 Å². The number of imidazole rings is 1. The Morgan fingerprint density at radius 2 is 2.33 bits per heavy atom. The van der Waals surface area contributed by atoms with Crippen LogP contribution in [0.4, 0.5) is 0 Å². The van der Waals surface area contributed by atoms with Crippen LogP contribution in [0.2, 0.25) is 0 Å². The fraction of sp³-hybridized carbons (Fsp3) is 0.222. The van der Waals surface area contributed by atoms with Crippen molar-refractivity contribution < 1.29 is 0 Å². The van der Waals surface area contributed by atoms with Crippen LogP contribution in [0, 0.1) is 0 Å². The molecular formula is C9H9ClN2. The Hall–Kier alpha value is -1.02. The number of hydrogen-bond acceptors (Lipinski definition) is 1. The van der Waals surface area contributed by atoms with E-state index in [4.69, 9.17) is 11.6 Å². The predicted octanol–water partition coefficient (Wildman–Crippen LogP) is 2.31. The maximum atomic E-state index is 5.77. The van der Waals surface area contributed by atoms with Gasteiger partial charge in [-0.15, -0.1) is 11.6 Å². The van der Waals surface area contributed by atoms with Crippen molar-refractivity contribution in [3.8, 4) is 0 Å². The number of fused-ring (bicyclic) bond motifs is 1. The van der Waals surface area contributed by atoms with Crippen molar-refractivity contribution >= 4 is 22.6 Å². The highest BCUT2D eigenvalue weighted by Gasteiger charge is 2.02. The van der Waals surface area contributed by atoms with Gasteiger partial charge >= 0.3 is 0 Å². The second-order valence-corrected chi connectivity index (χ2v) is 3.04. The molecule has 2 rings (SSSR count). The lowest BCUT2D eigenvalue weighted by Gasteiger charge is -1.97. The van der Waals surface area contributed by atoms with E-state index in [1.54, 1.807) is 6.33 Å². The van der Waals surface area contributed by atoms with Gasteiger partial charge < -0.3 is 4.57 Å². The Balaban J connectivity index is 2.81. The molecule has 0 spiro atoms. The maximum absolute atomic E-state index is 5.77. The Bertz CT molecular complexity index is 406. The minimum Gasteiger partial charge on any atom is -0.334 e. The van der Waals surface area contributed by atoms with E-state index in [1.165, 1.54) is 0 Å². The average molecular weight is 181 g/mol. The van der Waals surface area contributed by atoms with Gasteiger partial charge in [0.2, 0.25) is 0 Å². The number of para-hydroxylation sites is 1. The molecule has 0 amide bonds. The molecule has 0 aliphatic heterocycles. The van der Waals surface area contributed by atoms with Crippen LogP contribution in [0.1, 0.15) is 5.56 Å². The van der Waals surface area contributed by atoms with Crippen molar-refractivity contribution in [1.29, 1.82) is 0 Å². The van der Waals surface area contributed by atoms with Crippen LogP contribution in [-0.2, 0) is 12.9 Å². The molecule has 62 valence electrons. The average Bonchev–Trinajstić information content (AvgIpc) is 2.48. The molecule has 1 aromatic carbocycles. The topological polar surface area (TPSA) is 17.8 Å². The molecule has 0 saturated heterocycles. The number of benzene rings is 1. The first-order valence-corrected chi connectivity index (χ1v) is 4.31. The lowest BCUT2D eigenvalue weighted by Crippen LogP contribution is -1.84. The lowest BCUT2D eigenvalue weighted by molar-refractivity contribution is 0.948. The summed E-state index contributed by atoms with van der Waals surface area (Å²) >= 11 is 5.77. The first-order chi connectivity index (χ1) is 5.83. The summed E-state index contributed by atoms with van der Waals surface area (Å²) < 4.78 is 1.99. The number of halogens is 1. The van der Waals surface area contributed by atoms with E-state index in [9.17, 15) is 0 Å². The number of aryl methyl sites for hydroxylation is 1. The van der Waals surface area contributed by atoms with Crippen molar-refractivity contribution in [2.75, 3.05) is 0 Å². The molecule has 1 aromatic heterocycles. The van der Waals surface area contributed by atoms with Crippen LogP contribution in [0.5, 0.6) is 0 Å². The highest BCUT2D eigenvalue weighted by atomic mass is 35.5. The summed E-state index contributed by atoms with van der Waals surface area (Å²) in [7, 11) is 1.98. The molecular weight excluding hydrogens is 172 g/mol. The summed E-state index contributed by atoms with van der Waals surface area (Å²) in [5, 5.41) is 0. The Labute approximate surface area is 75.8 Å². The standard InChI is InChI=1S/C9H9ClN2/c1-12-6-11-9-7(5-10)3-2-4-8(9)12/h2-4,6H,5H2,1H3. The van der Waals surface area contributed by atoms with Gasteiger partial charge in [-0.1, -0.05) is 12.1 Å². The Morgan fingerprint density at radius 3 is 3.08 bits per heavy atom. The monoisotopic (exact) mass is 180 g/mol. The molecule has 0 fully saturated rings. The van der Waals surface area contributed by atoms with Crippen molar-refractivity contribution in [3.05, 3.63) is 30.1 Å². The molecule has 0 saturated carbocycles. The zero-order valence-corrected chi connectivity index (χ0v) is 7.54. The van der Waals surface area contributed by atoms with Gasteiger partial charge in [-0.05, 0) is 11.6 Å². The molecule has 0 radical (unpaired) electrons. The van der Waals surface area contributed by atoms with Gasteiger partial charge in [-0.3, -0.25) is 0 Å². The highest BCUT2D eigenvalue weighted by molar-refractivity contribution is 6.17. The molecule has 3 heteroatoms. The largest absolute Gasteiger partial charge is 0.334 e. The van der Waals surface area contributed by atoms with E-state index in [1.807, 2.05) is 29.8 Å². The third kappa shape index (κ3) is 0.994. The summed E-state index contributed by atoms with van der Waals surface area (Å²) in [6.07, 6.45) is 1.81. The Morgan fingerprint density at radius 1 is 1.50 bits per heavy atom. The number of rotatable bonds is 1. The van der Waals surface area contributed by atoms with Crippen molar-refractivity contribution in [2.24, 2.45) is 7.05 Å². The Kier molecular flexibility index (Phi) is 1.77. The van der Waals surface area contributed by atoms with Gasteiger partial charge in [0.25, 0.3) is 0 Å². The summed E-state index contributed by atoms with van der Waals surface area (Å²) in [6.45, 7) is 0. The van der Waals surface area contributed by atoms with Gasteiger partial charge in [0.05, 0.1) is 17.4 Å². The van der Waals surface area contributed by atoms with Gasteiger partial charge in [0.15, 0.2) is 0 Å². The molecule has 0 aliphatic rings. The SMILES string of the molecule is Cn1cnc2c(CCl)cccc21. The van der Waals surface area contributed by atoms with Crippen molar-refractivity contribution in [3.63, 3.8) is 0 Å². The quantitative estimate of drug-likeness (QED) is 0.616. The van der Waals surface area contributed by atoms with Crippen molar-refractivity contribution in [2.45, 2.75) is 5.88 Å². The van der Waals surface area contributed by atoms with Crippen LogP contribution in [0.3, 0.4) is 0 Å². The van der Waals surface area contributed by atoms with Gasteiger partial charge in [-0.2, -0.15) is 0 Å². The number of nitrogens with zero attached hydrogens (tertiary/aromatic N) is 2. The number of aromatic nitrogens is 2. The number of alkyl halides is 1. The van der Waals surface area contributed by atoms with E-state index in [-0.39, 0.29) is 0 Å². The summed E-state index contributed by atoms with van der Waals surface area (Å²) in [5.74, 6) is 0.522. The lowest BCUT2D eigenvalue weighted by atomic mass is 10.2. The highest BCUT2D eigenvalue weighted by Crippen LogP contribution is 2.17. The molecule has 12 heavy (non-hydrogen) atoms. The van der Waals surface area contributed by atoms with Gasteiger partial charge in [-0.25, -0.2) is 4.98 Å². The van der Waals surface area contributed by atoms with Gasteiger partial charge in [0.1, 0.15) is 0 Å². The predicted molar refractivity (Wildman–Crippen MR) is 50.3 cm³/mol.